The highest BCUT2D eigenvalue weighted by Crippen LogP contribution is 2.35. The van der Waals surface area contributed by atoms with Crippen LogP contribution in [-0.4, -0.2) is 52.2 Å². The number of amides is 1. The van der Waals surface area contributed by atoms with Gasteiger partial charge in [-0.25, -0.2) is 13.9 Å². The molecule has 0 aromatic rings. The number of carboxylic acid groups (broad SMARTS) is 1. The fourth-order valence-corrected chi connectivity index (χ4v) is 0.713. The summed E-state index contributed by atoms with van der Waals surface area (Å²) in [5, 5.41) is 8.28. The number of carbonyl (C=O) groups is 2. The Labute approximate surface area is 84.4 Å². The second kappa shape index (κ2) is 5.66. The molecular formula is C5H10NO8P. The van der Waals surface area contributed by atoms with Gasteiger partial charge in [-0.1, -0.05) is 0 Å². The van der Waals surface area contributed by atoms with Gasteiger partial charge in [-0.2, -0.15) is 0 Å². The molecule has 0 unspecified atom stereocenters. The maximum Gasteiger partial charge on any atom is 0.472 e. The third-order valence-electron chi connectivity index (χ3n) is 1.09. The number of phosphoric ester groups is 1. The fourth-order valence-electron chi connectivity index (χ4n) is 0.523. The van der Waals surface area contributed by atoms with E-state index in [1.807, 2.05) is 0 Å². The van der Waals surface area contributed by atoms with Crippen molar-refractivity contribution < 1.29 is 38.3 Å². The number of nitrogens with zero attached hydrogens (tertiary/aromatic N) is 1. The Hall–Kier alpha value is -1.15. The minimum Gasteiger partial charge on any atom is -0.480 e. The van der Waals surface area contributed by atoms with Gasteiger partial charge in [0, 0.05) is 7.05 Å². The van der Waals surface area contributed by atoms with E-state index in [1.54, 1.807) is 0 Å². The SMILES string of the molecule is CN(CC(=O)O)C(=O)OCOP(=O)(O)O. The number of phosphoric acid groups is 1. The van der Waals surface area contributed by atoms with E-state index in [0.717, 1.165) is 7.05 Å². The summed E-state index contributed by atoms with van der Waals surface area (Å²) in [5.41, 5.74) is 0. The van der Waals surface area contributed by atoms with Gasteiger partial charge in [0.2, 0.25) is 6.79 Å². The molecule has 0 radical (unpaired) electrons. The molecule has 0 aliphatic rings. The van der Waals surface area contributed by atoms with Gasteiger partial charge in [-0.3, -0.25) is 4.79 Å². The van der Waals surface area contributed by atoms with Crippen LogP contribution in [0.5, 0.6) is 0 Å². The molecule has 0 spiro atoms. The Morgan fingerprint density at radius 1 is 1.40 bits per heavy atom. The summed E-state index contributed by atoms with van der Waals surface area (Å²) in [4.78, 5) is 38.1. The number of likely N-dealkylation sites (N-methyl/N-ethyl adjacent to an activating group) is 1. The van der Waals surface area contributed by atoms with Crippen LogP contribution < -0.4 is 0 Å². The van der Waals surface area contributed by atoms with Crippen molar-refractivity contribution in [1.29, 1.82) is 0 Å². The van der Waals surface area contributed by atoms with E-state index in [-0.39, 0.29) is 0 Å². The Bertz CT molecular complexity index is 285. The molecule has 0 saturated carbocycles. The van der Waals surface area contributed by atoms with Crippen LogP contribution in [0.25, 0.3) is 0 Å². The number of ether oxygens (including phenoxy) is 1. The molecule has 15 heavy (non-hydrogen) atoms. The summed E-state index contributed by atoms with van der Waals surface area (Å²) in [7, 11) is -3.54. The van der Waals surface area contributed by atoms with Crippen molar-refractivity contribution in [1.82, 2.24) is 4.90 Å². The van der Waals surface area contributed by atoms with Crippen LogP contribution in [0.3, 0.4) is 0 Å². The van der Waals surface area contributed by atoms with Crippen LogP contribution >= 0.6 is 7.82 Å². The standard InChI is InChI=1S/C5H10NO8P/c1-6(2-4(7)8)5(9)13-3-14-15(10,11)12/h2-3H2,1H3,(H,7,8)(H2,10,11,12). The molecule has 10 heteroatoms. The van der Waals surface area contributed by atoms with Crippen LogP contribution in [0.2, 0.25) is 0 Å². The molecule has 0 aliphatic heterocycles. The van der Waals surface area contributed by atoms with Gasteiger partial charge in [0.1, 0.15) is 6.54 Å². The molecule has 3 N–H and O–H groups in total. The summed E-state index contributed by atoms with van der Waals surface area (Å²) >= 11 is 0. The summed E-state index contributed by atoms with van der Waals surface area (Å²) in [6.45, 7) is -1.54. The molecule has 0 heterocycles. The van der Waals surface area contributed by atoms with Gasteiger partial charge < -0.3 is 24.5 Å². The monoisotopic (exact) mass is 243 g/mol. The minimum atomic E-state index is -4.69. The maximum atomic E-state index is 10.9. The second-order valence-electron chi connectivity index (χ2n) is 2.40. The molecule has 0 atom stereocenters. The predicted octanol–water partition coefficient (Wildman–Crippen LogP) is -0.794. The van der Waals surface area contributed by atoms with E-state index in [0.29, 0.717) is 4.90 Å². The normalized spacial score (nSPS) is 10.9. The molecule has 1 amide bonds. The second-order valence-corrected chi connectivity index (χ2v) is 3.64. The number of hydrogen-bond donors (Lipinski definition) is 3. The van der Waals surface area contributed by atoms with Crippen LogP contribution in [0, 0.1) is 0 Å². The molecule has 9 nitrogen and oxygen atoms in total. The van der Waals surface area contributed by atoms with Gasteiger partial charge in [-0.05, 0) is 0 Å². The Kier molecular flexibility index (Phi) is 5.23. The molecule has 0 rings (SSSR count). The third kappa shape index (κ3) is 7.89. The van der Waals surface area contributed by atoms with Crippen LogP contribution in [0.1, 0.15) is 0 Å². The zero-order valence-electron chi connectivity index (χ0n) is 7.69. The number of carboxylic acids is 1. The molecule has 0 aromatic carbocycles. The number of carbonyl (C=O) groups excluding carboxylic acids is 1. The molecular weight excluding hydrogens is 233 g/mol. The molecule has 0 saturated heterocycles. The zero-order valence-corrected chi connectivity index (χ0v) is 8.59. The van der Waals surface area contributed by atoms with E-state index >= 15 is 0 Å². The summed E-state index contributed by atoms with van der Waals surface area (Å²) < 4.78 is 18.1. The van der Waals surface area contributed by atoms with Crippen molar-refractivity contribution in [3.05, 3.63) is 0 Å². The lowest BCUT2D eigenvalue weighted by molar-refractivity contribution is -0.137. The molecule has 0 aromatic heterocycles. The van der Waals surface area contributed by atoms with Crippen molar-refractivity contribution in [2.75, 3.05) is 20.4 Å². The van der Waals surface area contributed by atoms with E-state index in [2.05, 4.69) is 9.26 Å². The largest absolute Gasteiger partial charge is 0.480 e. The number of rotatable bonds is 5. The van der Waals surface area contributed by atoms with Gasteiger partial charge in [0.05, 0.1) is 0 Å². The summed E-state index contributed by atoms with van der Waals surface area (Å²) in [5.74, 6) is -1.25. The fraction of sp³-hybridized carbons (Fsp3) is 0.600. The highest BCUT2D eigenvalue weighted by atomic mass is 31.2. The first kappa shape index (κ1) is 13.8. The zero-order chi connectivity index (χ0) is 12.1. The predicted molar refractivity (Wildman–Crippen MR) is 44.7 cm³/mol. The highest BCUT2D eigenvalue weighted by molar-refractivity contribution is 7.46. The Balaban J connectivity index is 3.84. The van der Waals surface area contributed by atoms with Crippen LogP contribution in [-0.2, 0) is 18.6 Å². The summed E-state index contributed by atoms with van der Waals surface area (Å²) in [6, 6.07) is 0. The van der Waals surface area contributed by atoms with Gasteiger partial charge in [0.25, 0.3) is 0 Å². The van der Waals surface area contributed by atoms with Crippen molar-refractivity contribution in [2.45, 2.75) is 0 Å². The van der Waals surface area contributed by atoms with Crippen molar-refractivity contribution in [3.8, 4) is 0 Å². The van der Waals surface area contributed by atoms with Crippen molar-refractivity contribution >= 4 is 19.9 Å². The maximum absolute atomic E-state index is 10.9. The van der Waals surface area contributed by atoms with E-state index in [9.17, 15) is 14.2 Å². The summed E-state index contributed by atoms with van der Waals surface area (Å²) in [6.07, 6.45) is -1.06. The van der Waals surface area contributed by atoms with E-state index < -0.39 is 33.2 Å². The molecule has 88 valence electrons. The van der Waals surface area contributed by atoms with Crippen molar-refractivity contribution in [3.63, 3.8) is 0 Å². The Morgan fingerprint density at radius 2 is 1.93 bits per heavy atom. The van der Waals surface area contributed by atoms with Crippen LogP contribution in [0.4, 0.5) is 4.79 Å². The average Bonchev–Trinajstić information content (AvgIpc) is 2.00. The van der Waals surface area contributed by atoms with Gasteiger partial charge in [-0.15, -0.1) is 0 Å². The quantitative estimate of drug-likeness (QED) is 0.422. The smallest absolute Gasteiger partial charge is 0.472 e. The average molecular weight is 243 g/mol. The lowest BCUT2D eigenvalue weighted by Crippen LogP contribution is -2.32. The minimum absolute atomic E-state index is 0.589. The van der Waals surface area contributed by atoms with Gasteiger partial charge >= 0.3 is 19.9 Å². The first-order chi connectivity index (χ1) is 6.72. The highest BCUT2D eigenvalue weighted by Gasteiger charge is 2.17. The molecule has 0 aliphatic carbocycles. The number of hydrogen-bond acceptors (Lipinski definition) is 5. The van der Waals surface area contributed by atoms with Gasteiger partial charge in [0.15, 0.2) is 0 Å². The first-order valence-electron chi connectivity index (χ1n) is 3.52. The molecule has 0 bridgehead atoms. The van der Waals surface area contributed by atoms with Crippen LogP contribution in [0.15, 0.2) is 0 Å². The molecule has 0 fully saturated rings. The third-order valence-corrected chi connectivity index (χ3v) is 1.53. The van der Waals surface area contributed by atoms with E-state index in [4.69, 9.17) is 14.9 Å². The first-order valence-corrected chi connectivity index (χ1v) is 5.05. The number of aliphatic carboxylic acids is 1. The lowest BCUT2D eigenvalue weighted by atomic mass is 10.6. The Morgan fingerprint density at radius 3 is 2.33 bits per heavy atom. The lowest BCUT2D eigenvalue weighted by Gasteiger charge is -2.14. The topological polar surface area (TPSA) is 134 Å². The van der Waals surface area contributed by atoms with Crippen molar-refractivity contribution in [2.24, 2.45) is 0 Å². The van der Waals surface area contributed by atoms with E-state index in [1.165, 1.54) is 0 Å².